The molecule has 2 aromatic heterocycles. The molecule has 2 aliphatic rings. The Morgan fingerprint density at radius 3 is 2.39 bits per heavy atom. The molecule has 2 aromatic rings. The molecule has 0 aliphatic heterocycles. The Hall–Kier alpha value is -2.36. The van der Waals surface area contributed by atoms with Crippen molar-refractivity contribution < 1.29 is 18.9 Å². The predicted molar refractivity (Wildman–Crippen MR) is 148 cm³/mol. The molecule has 0 aromatic carbocycles. The summed E-state index contributed by atoms with van der Waals surface area (Å²) in [6.07, 6.45) is 12.8. The van der Waals surface area contributed by atoms with Crippen LogP contribution < -0.4 is 10.8 Å². The van der Waals surface area contributed by atoms with Gasteiger partial charge in [-0.15, -0.1) is 0 Å². The molecule has 0 bridgehead atoms. The fraction of sp³-hybridized carbons (Fsp3) is 0.731. The number of esters is 1. The quantitative estimate of drug-likeness (QED) is 0.157. The molecule has 12 heteroatoms. The number of nitrogens with zero attached hydrogens (tertiary/aromatic N) is 5. The number of ether oxygens (including phenoxy) is 2. The van der Waals surface area contributed by atoms with Crippen molar-refractivity contribution in [1.82, 2.24) is 24.6 Å². The van der Waals surface area contributed by atoms with Crippen molar-refractivity contribution in [1.29, 1.82) is 0 Å². The van der Waals surface area contributed by atoms with Crippen LogP contribution in [0.1, 0.15) is 79.1 Å². The van der Waals surface area contributed by atoms with Crippen molar-refractivity contribution in [3.05, 3.63) is 12.7 Å². The summed E-state index contributed by atoms with van der Waals surface area (Å²) in [5.74, 6) is 1.04. The molecular formula is C26H42N7O4P. The van der Waals surface area contributed by atoms with Gasteiger partial charge in [0.2, 0.25) is 8.30 Å². The maximum Gasteiger partial charge on any atom is 0.323 e. The summed E-state index contributed by atoms with van der Waals surface area (Å²) < 4.78 is 19.7. The topological polar surface area (TPSA) is 139 Å². The minimum atomic E-state index is -1.39. The summed E-state index contributed by atoms with van der Waals surface area (Å²) in [6, 6.07) is -0.545. The van der Waals surface area contributed by atoms with Crippen LogP contribution in [0, 0.1) is 11.8 Å². The lowest BCUT2D eigenvalue weighted by Crippen LogP contribution is -2.34. The molecule has 3 N–H and O–H groups in total. The standard InChI is InChI=1S/C26H42N7O4P/c1-17(2)36-26(34)19(4)32-38(37-31-22(20-9-5-6-10-20)21-11-7-8-12-21)16-35-18(3)13-33-15-30-23-24(27)28-14-29-25(23)33/h14-15,17-21,32H,5-13,16H2,1-4H3,(H2,27,28,29)/t18-,19+,38?/m1/s1. The van der Waals surface area contributed by atoms with Crippen molar-refractivity contribution in [3.63, 3.8) is 0 Å². The summed E-state index contributed by atoms with van der Waals surface area (Å²) in [7, 11) is -1.39. The van der Waals surface area contributed by atoms with E-state index >= 15 is 0 Å². The minimum absolute atomic E-state index is 0.176. The lowest BCUT2D eigenvalue weighted by atomic mass is 9.89. The number of hydrogen-bond acceptors (Lipinski definition) is 10. The van der Waals surface area contributed by atoms with Crippen molar-refractivity contribution in [2.24, 2.45) is 17.0 Å². The Kier molecular flexibility index (Phi) is 10.3. The van der Waals surface area contributed by atoms with Crippen LogP contribution in [0.2, 0.25) is 0 Å². The molecule has 210 valence electrons. The number of nitrogens with two attached hydrogens (primary N) is 1. The predicted octanol–water partition coefficient (Wildman–Crippen LogP) is 4.77. The van der Waals surface area contributed by atoms with Crippen molar-refractivity contribution >= 4 is 37.0 Å². The van der Waals surface area contributed by atoms with Crippen LogP contribution in [0.25, 0.3) is 11.2 Å². The number of imidazole rings is 1. The van der Waals surface area contributed by atoms with Crippen LogP contribution in [-0.4, -0.2) is 55.8 Å². The van der Waals surface area contributed by atoms with E-state index in [0.29, 0.717) is 35.4 Å². The molecule has 3 atom stereocenters. The van der Waals surface area contributed by atoms with Gasteiger partial charge in [-0.25, -0.2) is 20.0 Å². The maximum atomic E-state index is 12.5. The summed E-state index contributed by atoms with van der Waals surface area (Å²) in [6.45, 7) is 7.97. The fourth-order valence-electron chi connectivity index (χ4n) is 5.27. The lowest BCUT2D eigenvalue weighted by Gasteiger charge is -2.24. The van der Waals surface area contributed by atoms with Crippen LogP contribution in [0.3, 0.4) is 0 Å². The first kappa shape index (κ1) is 28.6. The van der Waals surface area contributed by atoms with E-state index in [4.69, 9.17) is 25.0 Å². The Bertz CT molecular complexity index is 1060. The van der Waals surface area contributed by atoms with Gasteiger partial charge in [-0.2, -0.15) is 0 Å². The molecule has 4 rings (SSSR count). The third-order valence-electron chi connectivity index (χ3n) is 7.19. The lowest BCUT2D eigenvalue weighted by molar-refractivity contribution is -0.148. The highest BCUT2D eigenvalue weighted by atomic mass is 31.2. The molecule has 1 unspecified atom stereocenters. The zero-order valence-electron chi connectivity index (χ0n) is 23.0. The van der Waals surface area contributed by atoms with Crippen molar-refractivity contribution in [2.75, 3.05) is 12.1 Å². The van der Waals surface area contributed by atoms with Gasteiger partial charge in [-0.3, -0.25) is 4.79 Å². The highest BCUT2D eigenvalue weighted by Gasteiger charge is 2.31. The fourth-order valence-corrected chi connectivity index (χ4v) is 6.56. The summed E-state index contributed by atoms with van der Waals surface area (Å²) >= 11 is 0. The third kappa shape index (κ3) is 7.61. The number of nitrogen functional groups attached to an aromatic ring is 1. The van der Waals surface area contributed by atoms with Gasteiger partial charge < -0.3 is 24.4 Å². The molecule has 0 amide bonds. The van der Waals surface area contributed by atoms with E-state index in [1.165, 1.54) is 63.4 Å². The van der Waals surface area contributed by atoms with Crippen LogP contribution in [0.15, 0.2) is 17.8 Å². The van der Waals surface area contributed by atoms with E-state index in [1.807, 2.05) is 25.3 Å². The molecule has 38 heavy (non-hydrogen) atoms. The number of rotatable bonds is 13. The Morgan fingerprint density at radius 1 is 1.11 bits per heavy atom. The first-order valence-electron chi connectivity index (χ1n) is 13.8. The Labute approximate surface area is 226 Å². The molecule has 0 spiro atoms. The number of aromatic nitrogens is 4. The van der Waals surface area contributed by atoms with Gasteiger partial charge in [0.25, 0.3) is 0 Å². The monoisotopic (exact) mass is 547 g/mol. The van der Waals surface area contributed by atoms with E-state index in [2.05, 4.69) is 20.0 Å². The van der Waals surface area contributed by atoms with Crippen molar-refractivity contribution in [3.8, 4) is 0 Å². The highest BCUT2D eigenvalue weighted by molar-refractivity contribution is 7.50. The largest absolute Gasteiger partial charge is 0.462 e. The normalized spacial score (nSPS) is 19.1. The van der Waals surface area contributed by atoms with Gasteiger partial charge >= 0.3 is 5.97 Å². The second-order valence-corrected chi connectivity index (χ2v) is 12.1. The van der Waals surface area contributed by atoms with Gasteiger partial charge in [0.15, 0.2) is 11.5 Å². The van der Waals surface area contributed by atoms with Gasteiger partial charge in [0.05, 0.1) is 30.8 Å². The van der Waals surface area contributed by atoms with Crippen LogP contribution in [-0.2, 0) is 25.4 Å². The first-order valence-corrected chi connectivity index (χ1v) is 15.3. The summed E-state index contributed by atoms with van der Waals surface area (Å²) in [5, 5.41) is 8.06. The Balaban J connectivity index is 1.43. The SMILES string of the molecule is CC(C)OC(=O)[C@H](C)NP(CO[C@H](C)Cn1cnc2c(N)ncnc21)ON=C(C1CCCC1)C1CCCC1. The van der Waals surface area contributed by atoms with E-state index < -0.39 is 14.3 Å². The van der Waals surface area contributed by atoms with Crippen LogP contribution in [0.5, 0.6) is 0 Å². The average molecular weight is 548 g/mol. The van der Waals surface area contributed by atoms with Gasteiger partial charge in [0, 0.05) is 11.8 Å². The third-order valence-corrected chi connectivity index (χ3v) is 8.53. The number of nitrogens with one attached hydrogen (secondary N) is 1. The second-order valence-electron chi connectivity index (χ2n) is 10.7. The van der Waals surface area contributed by atoms with E-state index in [0.717, 1.165) is 0 Å². The number of carbonyl (C=O) groups is 1. The first-order chi connectivity index (χ1) is 18.3. The maximum absolute atomic E-state index is 12.5. The summed E-state index contributed by atoms with van der Waals surface area (Å²) in [5.41, 5.74) is 8.37. The van der Waals surface area contributed by atoms with Gasteiger partial charge in [-0.1, -0.05) is 30.8 Å². The molecule has 11 nitrogen and oxygen atoms in total. The van der Waals surface area contributed by atoms with Crippen molar-refractivity contribution in [2.45, 2.75) is 104 Å². The average Bonchev–Trinajstić information content (AvgIpc) is 3.66. The van der Waals surface area contributed by atoms with Gasteiger partial charge in [0.1, 0.15) is 24.2 Å². The van der Waals surface area contributed by atoms with E-state index in [1.54, 1.807) is 13.3 Å². The van der Waals surface area contributed by atoms with Gasteiger partial charge in [-0.05, 0) is 53.4 Å². The molecule has 0 radical (unpaired) electrons. The number of oxime groups is 1. The summed E-state index contributed by atoms with van der Waals surface area (Å²) in [4.78, 5) is 25.1. The number of hydrogen-bond donors (Lipinski definition) is 2. The number of fused-ring (bicyclic) bond motifs is 1. The highest BCUT2D eigenvalue weighted by Crippen LogP contribution is 2.39. The molecule has 2 fully saturated rings. The molecular weight excluding hydrogens is 505 g/mol. The number of anilines is 1. The molecule has 2 saturated carbocycles. The van der Waals surface area contributed by atoms with E-state index in [9.17, 15) is 4.79 Å². The minimum Gasteiger partial charge on any atom is -0.462 e. The molecule has 2 aliphatic carbocycles. The molecule has 0 saturated heterocycles. The zero-order valence-corrected chi connectivity index (χ0v) is 23.9. The van der Waals surface area contributed by atoms with E-state index in [-0.39, 0.29) is 24.5 Å². The van der Waals surface area contributed by atoms with Crippen LogP contribution in [0.4, 0.5) is 5.82 Å². The Morgan fingerprint density at radius 2 is 1.76 bits per heavy atom. The molecule has 2 heterocycles. The van der Waals surface area contributed by atoms with Crippen LogP contribution >= 0.6 is 8.30 Å². The zero-order chi connectivity index (χ0) is 27.1. The second kappa shape index (κ2) is 13.6. The smallest absolute Gasteiger partial charge is 0.323 e. The number of carbonyl (C=O) groups excluding carboxylic acids is 1.